The highest BCUT2D eigenvalue weighted by atomic mass is 32.2. The predicted molar refractivity (Wildman–Crippen MR) is 106 cm³/mol. The Kier molecular flexibility index (Phi) is 10.8. The molecule has 0 unspecified atom stereocenters. The maximum absolute atomic E-state index is 12.2. The Bertz CT molecular complexity index is 559. The van der Waals surface area contributed by atoms with Gasteiger partial charge in [-0.1, -0.05) is 63.0 Å². The summed E-state index contributed by atoms with van der Waals surface area (Å²) in [7, 11) is 0. The summed E-state index contributed by atoms with van der Waals surface area (Å²) in [4.78, 5) is 15.2. The van der Waals surface area contributed by atoms with Gasteiger partial charge in [0.25, 0.3) is 0 Å². The van der Waals surface area contributed by atoms with E-state index in [2.05, 4.69) is 50.1 Å². The molecule has 0 radical (unpaired) electrons. The third-order valence-electron chi connectivity index (χ3n) is 3.68. The van der Waals surface area contributed by atoms with Crippen LogP contribution >= 0.6 is 11.8 Å². The molecule has 0 bridgehead atoms. The number of thioether (sulfide) groups is 1. The highest BCUT2D eigenvalue weighted by Gasteiger charge is 2.09. The van der Waals surface area contributed by atoms with Gasteiger partial charge < -0.3 is 4.90 Å². The molecular weight excluding hydrogens is 314 g/mol. The molecule has 0 atom stereocenters. The maximum atomic E-state index is 12.2. The van der Waals surface area contributed by atoms with Gasteiger partial charge in [-0.05, 0) is 30.2 Å². The fourth-order valence-corrected chi connectivity index (χ4v) is 3.36. The van der Waals surface area contributed by atoms with E-state index in [0.717, 1.165) is 18.6 Å². The summed E-state index contributed by atoms with van der Waals surface area (Å²) in [6.07, 6.45) is 14.5. The number of rotatable bonds is 11. The second kappa shape index (κ2) is 12.7. The van der Waals surface area contributed by atoms with Crippen molar-refractivity contribution in [2.75, 3.05) is 18.8 Å². The van der Waals surface area contributed by atoms with Gasteiger partial charge in [0.1, 0.15) is 0 Å². The lowest BCUT2D eigenvalue weighted by molar-refractivity contribution is -0.130. The number of nitrogens with zero attached hydrogens (tertiary/aromatic N) is 1. The van der Waals surface area contributed by atoms with Crippen molar-refractivity contribution in [2.24, 2.45) is 0 Å². The summed E-state index contributed by atoms with van der Waals surface area (Å²) in [5, 5.41) is 0. The Morgan fingerprint density at radius 2 is 2.00 bits per heavy atom. The molecular formula is C21H29NOS. The van der Waals surface area contributed by atoms with E-state index in [4.69, 9.17) is 6.42 Å². The molecule has 1 aromatic carbocycles. The monoisotopic (exact) mass is 343 g/mol. The first-order valence-corrected chi connectivity index (χ1v) is 9.81. The quantitative estimate of drug-likeness (QED) is 0.311. The highest BCUT2D eigenvalue weighted by Crippen LogP contribution is 2.24. The van der Waals surface area contributed by atoms with Crippen molar-refractivity contribution in [1.82, 2.24) is 4.90 Å². The molecule has 0 N–H and O–H groups in total. The topological polar surface area (TPSA) is 20.3 Å². The Morgan fingerprint density at radius 1 is 1.25 bits per heavy atom. The van der Waals surface area contributed by atoms with Crippen LogP contribution in [0.1, 0.15) is 51.5 Å². The number of terminal acetylenes is 1. The third kappa shape index (κ3) is 7.75. The van der Waals surface area contributed by atoms with Crippen LogP contribution in [-0.4, -0.2) is 29.6 Å². The van der Waals surface area contributed by atoms with Crippen LogP contribution in [0.5, 0.6) is 0 Å². The van der Waals surface area contributed by atoms with Crippen LogP contribution in [0, 0.1) is 12.3 Å². The zero-order valence-electron chi connectivity index (χ0n) is 15.0. The second-order valence-electron chi connectivity index (χ2n) is 5.72. The smallest absolute Gasteiger partial charge is 0.223 e. The van der Waals surface area contributed by atoms with E-state index in [1.807, 2.05) is 17.8 Å². The van der Waals surface area contributed by atoms with Crippen LogP contribution in [-0.2, 0) is 4.79 Å². The van der Waals surface area contributed by atoms with E-state index >= 15 is 0 Å². The largest absolute Gasteiger partial charge is 0.328 e. The molecule has 1 rings (SSSR count). The van der Waals surface area contributed by atoms with Gasteiger partial charge in [-0.2, -0.15) is 0 Å². The van der Waals surface area contributed by atoms with E-state index in [-0.39, 0.29) is 5.91 Å². The summed E-state index contributed by atoms with van der Waals surface area (Å²) >= 11 is 1.89. The molecule has 0 aliphatic heterocycles. The molecule has 2 nitrogen and oxygen atoms in total. The number of carbonyl (C=O) groups excluding carboxylic acids is 1. The van der Waals surface area contributed by atoms with E-state index < -0.39 is 0 Å². The van der Waals surface area contributed by atoms with Crippen LogP contribution < -0.4 is 0 Å². The fraction of sp³-hybridized carbons (Fsp3) is 0.476. The van der Waals surface area contributed by atoms with Crippen molar-refractivity contribution >= 4 is 23.7 Å². The minimum absolute atomic E-state index is 0.144. The van der Waals surface area contributed by atoms with Gasteiger partial charge in [-0.15, -0.1) is 18.2 Å². The van der Waals surface area contributed by atoms with Gasteiger partial charge in [0, 0.05) is 17.9 Å². The summed E-state index contributed by atoms with van der Waals surface area (Å²) in [6.45, 7) is 5.24. The zero-order chi connectivity index (χ0) is 17.6. The van der Waals surface area contributed by atoms with Crippen molar-refractivity contribution < 1.29 is 4.79 Å². The summed E-state index contributed by atoms with van der Waals surface area (Å²) in [5.74, 6) is 3.87. The van der Waals surface area contributed by atoms with Gasteiger partial charge in [0.15, 0.2) is 0 Å². The summed E-state index contributed by atoms with van der Waals surface area (Å²) < 4.78 is 0. The fourth-order valence-electron chi connectivity index (χ4n) is 2.23. The van der Waals surface area contributed by atoms with Crippen molar-refractivity contribution in [3.8, 4) is 12.3 Å². The number of hydrogen-bond donors (Lipinski definition) is 0. The first kappa shape index (κ1) is 20.4. The number of carbonyl (C=O) groups is 1. The van der Waals surface area contributed by atoms with Gasteiger partial charge in [0.2, 0.25) is 5.91 Å². The van der Waals surface area contributed by atoms with Gasteiger partial charge in [0.05, 0.1) is 6.54 Å². The van der Waals surface area contributed by atoms with Crippen LogP contribution in [0.15, 0.2) is 35.2 Å². The lowest BCUT2D eigenvalue weighted by Gasteiger charge is -2.18. The molecule has 0 saturated carbocycles. The van der Waals surface area contributed by atoms with Gasteiger partial charge in [-0.3, -0.25) is 4.79 Å². The average molecular weight is 344 g/mol. The van der Waals surface area contributed by atoms with Crippen molar-refractivity contribution in [2.45, 2.75) is 50.8 Å². The molecule has 0 saturated heterocycles. The van der Waals surface area contributed by atoms with Crippen LogP contribution in [0.3, 0.4) is 0 Å². The van der Waals surface area contributed by atoms with Gasteiger partial charge in [-0.25, -0.2) is 0 Å². The van der Waals surface area contributed by atoms with Gasteiger partial charge >= 0.3 is 0 Å². The predicted octanol–water partition coefficient (Wildman–Crippen LogP) is 5.24. The lowest BCUT2D eigenvalue weighted by atomic mass is 10.2. The molecule has 0 aliphatic carbocycles. The molecule has 24 heavy (non-hydrogen) atoms. The zero-order valence-corrected chi connectivity index (χ0v) is 15.8. The Labute approximate surface area is 151 Å². The Morgan fingerprint density at radius 3 is 2.71 bits per heavy atom. The number of amides is 1. The average Bonchev–Trinajstić information content (AvgIpc) is 2.60. The number of benzene rings is 1. The minimum atomic E-state index is 0.144. The lowest BCUT2D eigenvalue weighted by Crippen LogP contribution is -2.31. The Balaban J connectivity index is 2.66. The molecule has 0 aliphatic rings. The maximum Gasteiger partial charge on any atom is 0.223 e. The molecule has 0 spiro atoms. The second-order valence-corrected chi connectivity index (χ2v) is 6.86. The molecule has 3 heteroatoms. The molecule has 1 amide bonds. The number of unbranched alkanes of at least 4 members (excludes halogenated alkanes) is 2. The first-order chi connectivity index (χ1) is 11.7. The molecule has 130 valence electrons. The summed E-state index contributed by atoms with van der Waals surface area (Å²) in [5.41, 5.74) is 1.21. The molecule has 0 fully saturated rings. The Hall–Kier alpha value is -1.66. The molecule has 1 aromatic rings. The highest BCUT2D eigenvalue weighted by molar-refractivity contribution is 7.99. The normalized spacial score (nSPS) is 10.7. The van der Waals surface area contributed by atoms with Crippen LogP contribution in [0.2, 0.25) is 0 Å². The minimum Gasteiger partial charge on any atom is -0.328 e. The van der Waals surface area contributed by atoms with E-state index in [0.29, 0.717) is 19.5 Å². The first-order valence-electron chi connectivity index (χ1n) is 8.82. The van der Waals surface area contributed by atoms with Crippen LogP contribution in [0.25, 0.3) is 6.08 Å². The SMILES string of the molecule is C#CCN(C/C=C/c1ccccc1SCCCC)C(=O)CCCC. The van der Waals surface area contributed by atoms with Crippen molar-refractivity contribution in [3.63, 3.8) is 0 Å². The van der Waals surface area contributed by atoms with Crippen molar-refractivity contribution in [1.29, 1.82) is 0 Å². The summed E-state index contributed by atoms with van der Waals surface area (Å²) in [6, 6.07) is 8.40. The molecule has 0 aromatic heterocycles. The third-order valence-corrected chi connectivity index (χ3v) is 4.85. The molecule has 0 heterocycles. The van der Waals surface area contributed by atoms with E-state index in [1.165, 1.54) is 23.3 Å². The van der Waals surface area contributed by atoms with Crippen molar-refractivity contribution in [3.05, 3.63) is 35.9 Å². The number of hydrogen-bond acceptors (Lipinski definition) is 2. The van der Waals surface area contributed by atoms with Crippen LogP contribution in [0.4, 0.5) is 0 Å². The van der Waals surface area contributed by atoms with E-state index in [1.54, 1.807) is 4.90 Å². The standard InChI is InChI=1S/C21H29NOS/c1-4-7-15-21(23)22(16-6-3)17-11-13-19-12-9-10-14-20(19)24-18-8-5-2/h3,9-14H,4-5,7-8,15-18H2,1-2H3/b13-11+. The van der Waals surface area contributed by atoms with E-state index in [9.17, 15) is 4.79 Å².